The van der Waals surface area contributed by atoms with Crippen molar-refractivity contribution in [2.45, 2.75) is 0 Å². The minimum absolute atomic E-state index is 0. The van der Waals surface area contributed by atoms with Crippen molar-refractivity contribution in [2.75, 3.05) is 0 Å². The van der Waals surface area contributed by atoms with E-state index in [1.165, 1.54) is 0 Å². The molecule has 0 aliphatic carbocycles. The van der Waals surface area contributed by atoms with E-state index < -0.39 is 24.6 Å². The standard InChI is InChI=1S/Mo.H3N.H3O4P.3H2O.3O/c;;1-5(2,3)4;;;;;;/h;1H3;(H3,1,2,3,4);3*1H2;;;/q+1;;;;;;;;-1. The first-order valence-electron chi connectivity index (χ1n) is 1.43. The smallest absolute Gasteiger partial charge is 0.369 e. The van der Waals surface area contributed by atoms with Crippen molar-refractivity contribution in [3.8, 4) is 0 Å². The van der Waals surface area contributed by atoms with Crippen LogP contribution in [0.5, 0.6) is 0 Å². The Bertz CT molecular complexity index is 221. The van der Waals surface area contributed by atoms with Gasteiger partial charge in [-0.3, -0.25) is 0 Å². The number of hydrogen-bond donors (Lipinski definition) is 3. The van der Waals surface area contributed by atoms with Crippen molar-refractivity contribution in [1.82, 2.24) is 6.15 Å². The van der Waals surface area contributed by atoms with Gasteiger partial charge in [0, 0.05) is 0 Å². The van der Waals surface area contributed by atoms with Gasteiger partial charge in [-0.25, -0.2) is 0 Å². The monoisotopic (exact) mass is 315 g/mol. The summed E-state index contributed by atoms with van der Waals surface area (Å²) in [4.78, 5) is 15.4. The summed E-state index contributed by atoms with van der Waals surface area (Å²) >= 11 is -6.28. The summed E-state index contributed by atoms with van der Waals surface area (Å²) in [5.74, 6) is 0. The molecule has 88 valence electrons. The zero-order valence-electron chi connectivity index (χ0n) is 6.29. The third kappa shape index (κ3) is 33.0. The fourth-order valence-corrected chi connectivity index (χ4v) is 2.11. The number of rotatable bonds is 2. The Morgan fingerprint density at radius 1 is 1.15 bits per heavy atom. The molecule has 0 rings (SSSR count). The second-order valence-electron chi connectivity index (χ2n) is 0.973. The van der Waals surface area contributed by atoms with Gasteiger partial charge in [-0.15, -0.1) is 0 Å². The predicted octanol–water partition coefficient (Wildman–Crippen LogP) is -3.97. The Balaban J connectivity index is -0.0000000533. The van der Waals surface area contributed by atoms with Gasteiger partial charge in [-0.05, 0) is 0 Å². The summed E-state index contributed by atoms with van der Waals surface area (Å²) in [5, 5.41) is 0. The van der Waals surface area contributed by atoms with E-state index in [1.807, 2.05) is 0 Å². The maximum Gasteiger partial charge on any atom is -0.369 e. The Morgan fingerprint density at radius 2 is 1.38 bits per heavy atom. The Morgan fingerprint density at radius 3 is 1.38 bits per heavy atom. The number of hydrogen-bond acceptors (Lipinski definition) is 5. The molecule has 0 saturated carbocycles. The minimum Gasteiger partial charge on any atom is -0.369 e. The van der Waals surface area contributed by atoms with Gasteiger partial charge in [0.2, 0.25) is 0 Å². The van der Waals surface area contributed by atoms with E-state index in [9.17, 15) is 15.1 Å². The van der Waals surface area contributed by atoms with Crippen LogP contribution in [0.4, 0.5) is 0 Å². The van der Waals surface area contributed by atoms with E-state index in [2.05, 4.69) is 3.18 Å². The van der Waals surface area contributed by atoms with Gasteiger partial charge in [0.25, 0.3) is 0 Å². The molecule has 0 spiro atoms. The Labute approximate surface area is 75.8 Å². The van der Waals surface area contributed by atoms with E-state index in [-0.39, 0.29) is 22.6 Å². The SMILES string of the molecule is O.O.O.O=P(O)(O)[O][Mo](=[O])(=[O])[O-].[NH4+]. The largest absolute Gasteiger partial charge is 0.369 e. The van der Waals surface area contributed by atoms with Gasteiger partial charge in [-0.2, -0.15) is 0 Å². The average Bonchev–Trinajstić information content (AvgIpc) is 1.14. The molecule has 0 amide bonds. The number of phosphoric acid groups is 1. The van der Waals surface area contributed by atoms with Crippen LogP contribution in [0.25, 0.3) is 0 Å². The van der Waals surface area contributed by atoms with Crippen molar-refractivity contribution >= 4 is 7.82 Å². The summed E-state index contributed by atoms with van der Waals surface area (Å²) in [6.07, 6.45) is 0. The van der Waals surface area contributed by atoms with Crippen molar-refractivity contribution in [1.29, 1.82) is 0 Å². The molecule has 0 heterocycles. The van der Waals surface area contributed by atoms with Gasteiger partial charge >= 0.3 is 52.7 Å². The van der Waals surface area contributed by atoms with E-state index >= 15 is 0 Å². The molecule has 0 radical (unpaired) electrons. The number of quaternary nitrogens is 1. The van der Waals surface area contributed by atoms with Crippen LogP contribution >= 0.6 is 7.82 Å². The fraction of sp³-hybridized carbons (Fsp3) is 0. The zero-order chi connectivity index (χ0) is 7.71. The van der Waals surface area contributed by atoms with Gasteiger partial charge in [0.15, 0.2) is 0 Å². The van der Waals surface area contributed by atoms with Crippen LogP contribution in [-0.2, 0) is 31.3 Å². The van der Waals surface area contributed by atoms with Crippen LogP contribution in [0.15, 0.2) is 0 Å². The van der Waals surface area contributed by atoms with E-state index in [0.717, 1.165) is 0 Å². The molecular weight excluding hydrogens is 301 g/mol. The van der Waals surface area contributed by atoms with E-state index in [1.54, 1.807) is 0 Å². The molecule has 13 heteroatoms. The third-order valence-electron chi connectivity index (χ3n) is 0.188. The van der Waals surface area contributed by atoms with Crippen molar-refractivity contribution < 1.29 is 61.3 Å². The van der Waals surface area contributed by atoms with Crippen LogP contribution in [0.2, 0.25) is 0 Å². The minimum atomic E-state index is -6.28. The zero-order valence-corrected chi connectivity index (χ0v) is 9.19. The fourth-order valence-electron chi connectivity index (χ4n) is 0.119. The van der Waals surface area contributed by atoms with Crippen molar-refractivity contribution in [3.63, 3.8) is 0 Å². The average molecular weight is 313 g/mol. The summed E-state index contributed by atoms with van der Waals surface area (Å²) in [6, 6.07) is 0. The molecule has 0 fully saturated rings. The van der Waals surface area contributed by atoms with Crippen LogP contribution in [0.1, 0.15) is 0 Å². The van der Waals surface area contributed by atoms with Crippen LogP contribution < -0.4 is 9.91 Å². The van der Waals surface area contributed by atoms with E-state index in [0.29, 0.717) is 0 Å². The quantitative estimate of drug-likeness (QED) is 0.336. The molecule has 0 unspecified atom stereocenters. The van der Waals surface area contributed by atoms with Gasteiger partial charge in [-0.1, -0.05) is 0 Å². The normalized spacial score (nSPS) is 9.46. The van der Waals surface area contributed by atoms with Gasteiger partial charge in [0.1, 0.15) is 0 Å². The molecule has 0 aliphatic heterocycles. The van der Waals surface area contributed by atoms with Gasteiger partial charge < -0.3 is 22.6 Å². The maximum absolute atomic E-state index is 9.57. The van der Waals surface area contributed by atoms with Crippen LogP contribution in [0, 0.1) is 0 Å². The summed E-state index contributed by atoms with van der Waals surface area (Å²) in [7, 11) is -5.14. The summed E-state index contributed by atoms with van der Waals surface area (Å²) < 4.78 is 40.8. The molecule has 0 aromatic carbocycles. The molecule has 0 bridgehead atoms. The third-order valence-corrected chi connectivity index (χ3v) is 3.34. The molecule has 0 aromatic heterocycles. The Hall–Kier alpha value is 0.198. The first-order valence-corrected chi connectivity index (χ1v) is 6.24. The summed E-state index contributed by atoms with van der Waals surface area (Å²) in [6.45, 7) is 0. The van der Waals surface area contributed by atoms with Gasteiger partial charge in [0.05, 0.1) is 0 Å². The molecule has 12 N–H and O–H groups in total. The predicted molar refractivity (Wildman–Crippen MR) is 31.3 cm³/mol. The van der Waals surface area contributed by atoms with Crippen molar-refractivity contribution in [2.24, 2.45) is 0 Å². The second-order valence-corrected chi connectivity index (χ2v) is 5.21. The maximum atomic E-state index is 9.57. The first kappa shape index (κ1) is 29.2. The molecule has 0 aliphatic rings. The first-order chi connectivity index (χ1) is 3.71. The van der Waals surface area contributed by atoms with Crippen molar-refractivity contribution in [3.05, 3.63) is 0 Å². The second kappa shape index (κ2) is 8.78. The molecule has 13 heavy (non-hydrogen) atoms. The topological polar surface area (TPSA) is 255 Å². The molecule has 0 saturated heterocycles. The Kier molecular flexibility index (Phi) is 19.7. The van der Waals surface area contributed by atoms with E-state index in [4.69, 9.17) is 9.79 Å². The molecule has 0 atom stereocenters. The van der Waals surface area contributed by atoms with Crippen LogP contribution in [-0.4, -0.2) is 26.2 Å². The molecule has 11 nitrogen and oxygen atoms in total. The molecule has 0 aromatic rings. The molecular formula is H12MoNO10P. The summed E-state index contributed by atoms with van der Waals surface area (Å²) in [5.41, 5.74) is 0. The van der Waals surface area contributed by atoms with Crippen LogP contribution in [0.3, 0.4) is 0 Å².